The van der Waals surface area contributed by atoms with Crippen LogP contribution in [0.1, 0.15) is 20.5 Å². The highest BCUT2D eigenvalue weighted by molar-refractivity contribution is 7.93. The Morgan fingerprint density at radius 2 is 1.92 bits per heavy atom. The number of thiophene rings is 2. The lowest BCUT2D eigenvalue weighted by Crippen LogP contribution is -2.31. The van der Waals surface area contributed by atoms with Crippen LogP contribution < -0.4 is 5.32 Å². The van der Waals surface area contributed by atoms with Gasteiger partial charge in [0, 0.05) is 18.9 Å². The molecule has 3 heterocycles. The zero-order valence-corrected chi connectivity index (χ0v) is 14.9. The van der Waals surface area contributed by atoms with Gasteiger partial charge in [-0.05, 0) is 34.5 Å². The van der Waals surface area contributed by atoms with Crippen molar-refractivity contribution in [2.75, 3.05) is 6.54 Å². The molecule has 8 heteroatoms. The lowest BCUT2D eigenvalue weighted by molar-refractivity contribution is 0.0957. The number of rotatable bonds is 6. The molecule has 24 heavy (non-hydrogen) atoms. The van der Waals surface area contributed by atoms with Crippen LogP contribution in [0.25, 0.3) is 0 Å². The summed E-state index contributed by atoms with van der Waals surface area (Å²) in [5, 5.41) is 5.36. The first-order valence-electron chi connectivity index (χ1n) is 7.08. The summed E-state index contributed by atoms with van der Waals surface area (Å²) >= 11 is 2.48. The van der Waals surface area contributed by atoms with Gasteiger partial charge >= 0.3 is 0 Å². The van der Waals surface area contributed by atoms with Crippen LogP contribution in [-0.2, 0) is 9.84 Å². The van der Waals surface area contributed by atoms with Crippen molar-refractivity contribution in [2.24, 2.45) is 0 Å². The van der Waals surface area contributed by atoms with E-state index in [1.165, 1.54) is 28.9 Å². The molecule has 0 saturated carbocycles. The number of nitrogens with one attached hydrogen (secondary N) is 1. The fourth-order valence-corrected chi connectivity index (χ4v) is 5.71. The Hall–Kier alpha value is -2.03. The van der Waals surface area contributed by atoms with Gasteiger partial charge in [0.15, 0.2) is 9.84 Å². The SMILES string of the molecule is O=C(NCC(c1cccnc1)S(=O)(=O)c1cccs1)c1cccs1. The highest BCUT2D eigenvalue weighted by atomic mass is 32.2. The Balaban J connectivity index is 1.87. The lowest BCUT2D eigenvalue weighted by Gasteiger charge is -2.17. The summed E-state index contributed by atoms with van der Waals surface area (Å²) in [6, 6.07) is 10.1. The molecule has 0 aliphatic rings. The maximum Gasteiger partial charge on any atom is 0.261 e. The molecule has 3 aromatic rings. The molecular formula is C16H14N2O3S3. The van der Waals surface area contributed by atoms with Gasteiger partial charge in [-0.3, -0.25) is 9.78 Å². The van der Waals surface area contributed by atoms with Gasteiger partial charge < -0.3 is 5.32 Å². The van der Waals surface area contributed by atoms with E-state index in [1.54, 1.807) is 53.4 Å². The van der Waals surface area contributed by atoms with Crippen LogP contribution in [0.15, 0.2) is 63.8 Å². The quantitative estimate of drug-likeness (QED) is 0.715. The zero-order chi connectivity index (χ0) is 17.0. The number of nitrogens with zero attached hydrogens (tertiary/aromatic N) is 1. The first-order valence-corrected chi connectivity index (χ1v) is 10.4. The zero-order valence-electron chi connectivity index (χ0n) is 12.5. The topological polar surface area (TPSA) is 76.1 Å². The number of carbonyl (C=O) groups excluding carboxylic acids is 1. The maximum absolute atomic E-state index is 12.9. The average molecular weight is 378 g/mol. The minimum atomic E-state index is -3.61. The number of aromatic nitrogens is 1. The highest BCUT2D eigenvalue weighted by Crippen LogP contribution is 2.30. The molecule has 0 aliphatic carbocycles. The number of amides is 1. The van der Waals surface area contributed by atoms with E-state index in [1.807, 2.05) is 0 Å². The van der Waals surface area contributed by atoms with Crippen molar-refractivity contribution >= 4 is 38.4 Å². The summed E-state index contributed by atoms with van der Waals surface area (Å²) in [7, 11) is -3.61. The molecule has 0 aliphatic heterocycles. The number of pyridine rings is 1. The van der Waals surface area contributed by atoms with Crippen LogP contribution in [0.3, 0.4) is 0 Å². The second-order valence-corrected chi connectivity index (χ2v) is 9.19. The van der Waals surface area contributed by atoms with Crippen LogP contribution in [0, 0.1) is 0 Å². The van der Waals surface area contributed by atoms with Gasteiger partial charge in [-0.2, -0.15) is 0 Å². The third-order valence-corrected chi connectivity index (χ3v) is 7.80. The van der Waals surface area contributed by atoms with Crippen molar-refractivity contribution in [3.63, 3.8) is 0 Å². The van der Waals surface area contributed by atoms with Crippen LogP contribution in [0.4, 0.5) is 0 Å². The van der Waals surface area contributed by atoms with Gasteiger partial charge in [0.1, 0.15) is 9.46 Å². The van der Waals surface area contributed by atoms with E-state index in [-0.39, 0.29) is 16.7 Å². The molecule has 0 spiro atoms. The largest absolute Gasteiger partial charge is 0.350 e. The second kappa shape index (κ2) is 7.25. The summed E-state index contributed by atoms with van der Waals surface area (Å²) in [5.74, 6) is -0.278. The molecule has 0 saturated heterocycles. The van der Waals surface area contributed by atoms with E-state index in [0.29, 0.717) is 10.4 Å². The number of hydrogen-bond donors (Lipinski definition) is 1. The summed E-state index contributed by atoms with van der Waals surface area (Å²) in [4.78, 5) is 16.7. The highest BCUT2D eigenvalue weighted by Gasteiger charge is 2.30. The molecule has 1 atom stereocenters. The molecule has 5 nitrogen and oxygen atoms in total. The minimum Gasteiger partial charge on any atom is -0.350 e. The molecule has 124 valence electrons. The summed E-state index contributed by atoms with van der Waals surface area (Å²) in [6.07, 6.45) is 3.11. The Bertz CT molecular complexity index is 889. The van der Waals surface area contributed by atoms with Crippen LogP contribution in [-0.4, -0.2) is 25.9 Å². The molecule has 0 aromatic carbocycles. The van der Waals surface area contributed by atoms with E-state index in [4.69, 9.17) is 0 Å². The predicted octanol–water partition coefficient (Wildman–Crippen LogP) is 3.15. The standard InChI is InChI=1S/C16H14N2O3S3/c19-16(13-5-2-8-22-13)18-11-14(12-4-1-7-17-10-12)24(20,21)15-6-3-9-23-15/h1-10,14H,11H2,(H,18,19). The molecule has 1 N–H and O–H groups in total. The van der Waals surface area contributed by atoms with Gasteiger partial charge in [-0.1, -0.05) is 18.2 Å². The molecule has 3 aromatic heterocycles. The van der Waals surface area contributed by atoms with Crippen LogP contribution >= 0.6 is 22.7 Å². The van der Waals surface area contributed by atoms with E-state index >= 15 is 0 Å². The Labute approximate surface area is 147 Å². The molecule has 0 bridgehead atoms. The summed E-state index contributed by atoms with van der Waals surface area (Å²) in [5.41, 5.74) is 0.553. The predicted molar refractivity (Wildman–Crippen MR) is 95.1 cm³/mol. The smallest absolute Gasteiger partial charge is 0.261 e. The average Bonchev–Trinajstić information content (AvgIpc) is 3.29. The fourth-order valence-electron chi connectivity index (χ4n) is 2.22. The molecule has 1 unspecified atom stereocenters. The summed E-state index contributed by atoms with van der Waals surface area (Å²) in [6.45, 7) is -0.0112. The first kappa shape index (κ1) is 16.8. The minimum absolute atomic E-state index is 0.0112. The Morgan fingerprint density at radius 1 is 1.12 bits per heavy atom. The third kappa shape index (κ3) is 3.55. The van der Waals surface area contributed by atoms with Crippen molar-refractivity contribution in [1.82, 2.24) is 10.3 Å². The van der Waals surface area contributed by atoms with E-state index in [2.05, 4.69) is 10.3 Å². The molecule has 3 rings (SSSR count). The number of carbonyl (C=O) groups is 1. The molecule has 1 amide bonds. The van der Waals surface area contributed by atoms with Gasteiger partial charge in [0.25, 0.3) is 5.91 Å². The van der Waals surface area contributed by atoms with E-state index in [0.717, 1.165) is 0 Å². The van der Waals surface area contributed by atoms with Gasteiger partial charge in [-0.15, -0.1) is 22.7 Å². The van der Waals surface area contributed by atoms with Crippen molar-refractivity contribution in [3.8, 4) is 0 Å². The normalized spacial score (nSPS) is 12.7. The van der Waals surface area contributed by atoms with Crippen molar-refractivity contribution in [2.45, 2.75) is 9.46 Å². The lowest BCUT2D eigenvalue weighted by atomic mass is 10.2. The third-order valence-electron chi connectivity index (χ3n) is 3.40. The second-order valence-electron chi connectivity index (χ2n) is 4.94. The van der Waals surface area contributed by atoms with Gasteiger partial charge in [-0.25, -0.2) is 8.42 Å². The Morgan fingerprint density at radius 3 is 2.54 bits per heavy atom. The molecular weight excluding hydrogens is 364 g/mol. The van der Waals surface area contributed by atoms with Crippen LogP contribution in [0.2, 0.25) is 0 Å². The Kier molecular flexibility index (Phi) is 5.08. The first-order chi connectivity index (χ1) is 11.6. The van der Waals surface area contributed by atoms with E-state index in [9.17, 15) is 13.2 Å². The summed E-state index contributed by atoms with van der Waals surface area (Å²) < 4.78 is 26.1. The number of sulfone groups is 1. The van der Waals surface area contributed by atoms with Crippen molar-refractivity contribution in [1.29, 1.82) is 0 Å². The number of hydrogen-bond acceptors (Lipinski definition) is 6. The van der Waals surface area contributed by atoms with Gasteiger partial charge in [0.05, 0.1) is 4.88 Å². The monoisotopic (exact) mass is 378 g/mol. The fraction of sp³-hybridized carbons (Fsp3) is 0.125. The maximum atomic E-state index is 12.9. The molecule has 0 fully saturated rings. The molecule has 0 radical (unpaired) electrons. The van der Waals surface area contributed by atoms with Gasteiger partial charge in [0.2, 0.25) is 0 Å². The van der Waals surface area contributed by atoms with Crippen molar-refractivity contribution < 1.29 is 13.2 Å². The van der Waals surface area contributed by atoms with Crippen LogP contribution in [0.5, 0.6) is 0 Å². The van der Waals surface area contributed by atoms with Crippen molar-refractivity contribution in [3.05, 3.63) is 70.0 Å². The van der Waals surface area contributed by atoms with E-state index < -0.39 is 15.1 Å².